The van der Waals surface area contributed by atoms with Gasteiger partial charge in [0.2, 0.25) is 0 Å². The topological polar surface area (TPSA) is 89.7 Å². The molecule has 2 unspecified atom stereocenters. The number of nitrogens with two attached hydrogens (primary N) is 1. The van der Waals surface area contributed by atoms with Gasteiger partial charge >= 0.3 is 6.09 Å². The summed E-state index contributed by atoms with van der Waals surface area (Å²) in [7, 11) is -3.10. The van der Waals surface area contributed by atoms with E-state index in [0.29, 0.717) is 19.5 Å². The Hall–Kier alpha value is -0.820. The first-order chi connectivity index (χ1) is 8.48. The molecule has 0 aromatic heterocycles. The van der Waals surface area contributed by atoms with E-state index in [2.05, 4.69) is 0 Å². The van der Waals surface area contributed by atoms with Gasteiger partial charge in [-0.1, -0.05) is 0 Å². The van der Waals surface area contributed by atoms with Crippen molar-refractivity contribution < 1.29 is 17.9 Å². The number of nitrogens with zero attached hydrogens (tertiary/aromatic N) is 1. The summed E-state index contributed by atoms with van der Waals surface area (Å²) in [6, 6.07) is -0.187. The van der Waals surface area contributed by atoms with Crippen molar-refractivity contribution in [3.05, 3.63) is 0 Å². The van der Waals surface area contributed by atoms with E-state index in [0.717, 1.165) is 0 Å². The van der Waals surface area contributed by atoms with Crippen molar-refractivity contribution in [2.45, 2.75) is 38.8 Å². The summed E-state index contributed by atoms with van der Waals surface area (Å²) in [6.45, 7) is 6.25. The molecule has 112 valence electrons. The van der Waals surface area contributed by atoms with Crippen LogP contribution in [0.4, 0.5) is 4.79 Å². The van der Waals surface area contributed by atoms with Gasteiger partial charge in [0.1, 0.15) is 15.4 Å². The summed E-state index contributed by atoms with van der Waals surface area (Å²) in [5.41, 5.74) is 5.38. The van der Waals surface area contributed by atoms with Gasteiger partial charge in [0.05, 0.1) is 5.75 Å². The van der Waals surface area contributed by atoms with Gasteiger partial charge in [-0.25, -0.2) is 13.2 Å². The molecule has 2 atom stereocenters. The lowest BCUT2D eigenvalue weighted by atomic mass is 9.95. The van der Waals surface area contributed by atoms with Gasteiger partial charge in [-0.2, -0.15) is 0 Å². The molecular weight excluding hydrogens is 268 g/mol. The van der Waals surface area contributed by atoms with E-state index < -0.39 is 21.5 Å². The fourth-order valence-corrected chi connectivity index (χ4v) is 3.24. The monoisotopic (exact) mass is 292 g/mol. The summed E-state index contributed by atoms with van der Waals surface area (Å²) in [6.07, 6.45) is 1.38. The molecule has 1 heterocycles. The van der Waals surface area contributed by atoms with E-state index in [9.17, 15) is 13.2 Å². The molecule has 0 bridgehead atoms. The predicted molar refractivity (Wildman–Crippen MR) is 73.6 cm³/mol. The first kappa shape index (κ1) is 16.2. The average Bonchev–Trinajstić information content (AvgIpc) is 2.16. The number of rotatable bonds is 2. The molecular formula is C12H24N2O4S. The van der Waals surface area contributed by atoms with Crippen molar-refractivity contribution in [1.82, 2.24) is 4.90 Å². The van der Waals surface area contributed by atoms with Crippen LogP contribution in [0.3, 0.4) is 0 Å². The Morgan fingerprint density at radius 2 is 2.00 bits per heavy atom. The molecule has 1 aliphatic heterocycles. The zero-order valence-corrected chi connectivity index (χ0v) is 12.9. The van der Waals surface area contributed by atoms with Crippen LogP contribution in [0.1, 0.15) is 27.2 Å². The van der Waals surface area contributed by atoms with Crippen molar-refractivity contribution >= 4 is 15.9 Å². The molecule has 2 N–H and O–H groups in total. The Morgan fingerprint density at radius 3 is 2.47 bits per heavy atom. The lowest BCUT2D eigenvalue weighted by Gasteiger charge is -2.37. The van der Waals surface area contributed by atoms with E-state index >= 15 is 0 Å². The van der Waals surface area contributed by atoms with E-state index in [1.165, 1.54) is 6.26 Å². The van der Waals surface area contributed by atoms with Crippen LogP contribution in [-0.2, 0) is 14.6 Å². The van der Waals surface area contributed by atoms with Crippen LogP contribution in [0.5, 0.6) is 0 Å². The van der Waals surface area contributed by atoms with Crippen LogP contribution in [0, 0.1) is 5.92 Å². The Kier molecular flexibility index (Phi) is 4.84. The van der Waals surface area contributed by atoms with Crippen molar-refractivity contribution in [1.29, 1.82) is 0 Å². The molecule has 19 heavy (non-hydrogen) atoms. The predicted octanol–water partition coefficient (Wildman–Crippen LogP) is 0.615. The molecule has 1 amide bonds. The molecule has 1 fully saturated rings. The molecule has 0 radical (unpaired) electrons. The number of amides is 1. The first-order valence-corrected chi connectivity index (χ1v) is 8.45. The largest absolute Gasteiger partial charge is 0.444 e. The number of carbonyl (C=O) groups excluding carboxylic acids is 1. The molecule has 6 nitrogen and oxygen atoms in total. The van der Waals surface area contributed by atoms with Crippen LogP contribution >= 0.6 is 0 Å². The van der Waals surface area contributed by atoms with E-state index in [-0.39, 0.29) is 17.7 Å². The fourth-order valence-electron chi connectivity index (χ4n) is 2.11. The third-order valence-corrected chi connectivity index (χ3v) is 3.99. The molecule has 0 aliphatic carbocycles. The minimum atomic E-state index is -3.10. The Morgan fingerprint density at radius 1 is 1.42 bits per heavy atom. The van der Waals surface area contributed by atoms with Crippen LogP contribution in [-0.4, -0.2) is 56.2 Å². The third kappa shape index (κ3) is 5.78. The maximum atomic E-state index is 11.9. The highest BCUT2D eigenvalue weighted by atomic mass is 32.2. The van der Waals surface area contributed by atoms with Crippen molar-refractivity contribution in [2.24, 2.45) is 11.7 Å². The number of hydrogen-bond acceptors (Lipinski definition) is 5. The Bertz CT molecular complexity index is 428. The van der Waals surface area contributed by atoms with E-state index in [4.69, 9.17) is 10.5 Å². The van der Waals surface area contributed by atoms with Gasteiger partial charge in [0, 0.05) is 31.3 Å². The number of hydrogen-bond donors (Lipinski definition) is 1. The molecule has 7 heteroatoms. The standard InChI is InChI=1S/C12H24N2O4S/c1-12(2,3)18-11(15)14-6-5-10(13)9(7-14)8-19(4,16)17/h9-10H,5-8,13H2,1-4H3. The van der Waals surface area contributed by atoms with E-state index in [1.807, 2.05) is 0 Å². The van der Waals surface area contributed by atoms with Gasteiger partial charge < -0.3 is 15.4 Å². The second kappa shape index (κ2) is 5.66. The fraction of sp³-hybridized carbons (Fsp3) is 0.917. The van der Waals surface area contributed by atoms with Gasteiger partial charge in [0.25, 0.3) is 0 Å². The van der Waals surface area contributed by atoms with Gasteiger partial charge in [-0.15, -0.1) is 0 Å². The molecule has 1 saturated heterocycles. The quantitative estimate of drug-likeness (QED) is 0.805. The van der Waals surface area contributed by atoms with Crippen molar-refractivity contribution in [3.63, 3.8) is 0 Å². The third-order valence-electron chi connectivity index (χ3n) is 2.96. The highest BCUT2D eigenvalue weighted by molar-refractivity contribution is 7.90. The van der Waals surface area contributed by atoms with Crippen LogP contribution < -0.4 is 5.73 Å². The zero-order chi connectivity index (χ0) is 14.8. The lowest BCUT2D eigenvalue weighted by Crippen LogP contribution is -2.52. The highest BCUT2D eigenvalue weighted by Gasteiger charge is 2.33. The second-order valence-electron chi connectivity index (χ2n) is 6.23. The number of likely N-dealkylation sites (tertiary alicyclic amines) is 1. The van der Waals surface area contributed by atoms with E-state index in [1.54, 1.807) is 25.7 Å². The van der Waals surface area contributed by atoms with Crippen LogP contribution in [0.25, 0.3) is 0 Å². The molecule has 1 aliphatic rings. The minimum absolute atomic E-state index is 0.00741. The Labute approximate surface area is 115 Å². The summed E-state index contributed by atoms with van der Waals surface area (Å²) in [4.78, 5) is 13.5. The van der Waals surface area contributed by atoms with Crippen molar-refractivity contribution in [2.75, 3.05) is 25.1 Å². The van der Waals surface area contributed by atoms with Crippen LogP contribution in [0.2, 0.25) is 0 Å². The normalized spacial score (nSPS) is 25.2. The van der Waals surface area contributed by atoms with Crippen molar-refractivity contribution in [3.8, 4) is 0 Å². The molecule has 0 aromatic rings. The van der Waals surface area contributed by atoms with Crippen LogP contribution in [0.15, 0.2) is 0 Å². The zero-order valence-electron chi connectivity index (χ0n) is 12.0. The number of carbonyl (C=O) groups is 1. The average molecular weight is 292 g/mol. The number of ether oxygens (including phenoxy) is 1. The maximum Gasteiger partial charge on any atom is 0.410 e. The van der Waals surface area contributed by atoms with Gasteiger partial charge in [0.15, 0.2) is 0 Å². The van der Waals surface area contributed by atoms with Gasteiger partial charge in [-0.3, -0.25) is 0 Å². The summed E-state index contributed by atoms with van der Waals surface area (Å²) >= 11 is 0. The highest BCUT2D eigenvalue weighted by Crippen LogP contribution is 2.20. The number of sulfone groups is 1. The SMILES string of the molecule is CC(C)(C)OC(=O)N1CCC(N)C(CS(C)(=O)=O)C1. The molecule has 0 saturated carbocycles. The summed E-state index contributed by atoms with van der Waals surface area (Å²) in [5.74, 6) is -0.218. The lowest BCUT2D eigenvalue weighted by molar-refractivity contribution is 0.0160. The molecule has 0 spiro atoms. The number of piperidine rings is 1. The first-order valence-electron chi connectivity index (χ1n) is 6.39. The molecule has 1 rings (SSSR count). The Balaban J connectivity index is 2.66. The smallest absolute Gasteiger partial charge is 0.410 e. The summed E-state index contributed by atoms with van der Waals surface area (Å²) < 4.78 is 28.0. The molecule has 0 aromatic carbocycles. The minimum Gasteiger partial charge on any atom is -0.444 e. The van der Waals surface area contributed by atoms with Gasteiger partial charge in [-0.05, 0) is 27.2 Å². The second-order valence-corrected chi connectivity index (χ2v) is 8.42. The maximum absolute atomic E-state index is 11.9. The summed E-state index contributed by atoms with van der Waals surface area (Å²) in [5, 5.41) is 0.